The van der Waals surface area contributed by atoms with E-state index in [1.165, 1.54) is 24.1 Å². The Bertz CT molecular complexity index is 1220. The van der Waals surface area contributed by atoms with Gasteiger partial charge in [0.15, 0.2) is 0 Å². The van der Waals surface area contributed by atoms with Crippen LogP contribution in [0.15, 0.2) is 36.4 Å². The van der Waals surface area contributed by atoms with Crippen molar-refractivity contribution in [2.24, 2.45) is 23.2 Å². The van der Waals surface area contributed by atoms with Crippen LogP contribution in [0.25, 0.3) is 10.6 Å². The topological polar surface area (TPSA) is 68.7 Å². The van der Waals surface area contributed by atoms with Gasteiger partial charge in [-0.3, -0.25) is 4.79 Å². The number of aliphatic hydroxyl groups is 1. The van der Waals surface area contributed by atoms with E-state index < -0.39 is 0 Å². The zero-order chi connectivity index (χ0) is 25.9. The number of aliphatic hydroxyl groups excluding tert-OH is 1. The fourth-order valence-electron chi connectivity index (χ4n) is 7.94. The molecule has 202 valence electrons. The summed E-state index contributed by atoms with van der Waals surface area (Å²) >= 11 is 1.75. The molecule has 4 fully saturated rings. The van der Waals surface area contributed by atoms with Crippen LogP contribution < -0.4 is 10.2 Å². The van der Waals surface area contributed by atoms with Gasteiger partial charge in [0.2, 0.25) is 0 Å². The number of aromatic nitrogens is 1. The number of piperidine rings is 2. The molecule has 2 N–H and O–H groups in total. The number of amides is 1. The van der Waals surface area contributed by atoms with Crippen LogP contribution in [0.5, 0.6) is 0 Å². The molecule has 2 aromatic heterocycles. The van der Waals surface area contributed by atoms with Crippen LogP contribution in [0.4, 0.5) is 5.82 Å². The second kappa shape index (κ2) is 9.76. The molecule has 3 aliphatic carbocycles. The van der Waals surface area contributed by atoms with Crippen molar-refractivity contribution >= 4 is 23.1 Å². The Morgan fingerprint density at radius 2 is 1.87 bits per heavy atom. The molecule has 7 rings (SSSR count). The molecule has 4 heterocycles. The largest absolute Gasteiger partial charge is 0.393 e. The molecule has 0 unspecified atom stereocenters. The van der Waals surface area contributed by atoms with Gasteiger partial charge in [-0.25, -0.2) is 4.98 Å². The molecule has 5 aliphatic rings. The molecular formula is C31H40N4O2S. The van der Waals surface area contributed by atoms with Crippen LogP contribution in [0, 0.1) is 30.1 Å². The molecule has 0 radical (unpaired) electrons. The van der Waals surface area contributed by atoms with Gasteiger partial charge in [-0.2, -0.15) is 0 Å². The number of carbonyl (C=O) groups is 1. The van der Waals surface area contributed by atoms with E-state index in [4.69, 9.17) is 4.98 Å². The third kappa shape index (κ3) is 4.40. The van der Waals surface area contributed by atoms with E-state index in [1.54, 1.807) is 11.3 Å². The molecule has 0 aromatic carbocycles. The molecule has 1 spiro atoms. The first-order valence-electron chi connectivity index (χ1n) is 14.7. The highest BCUT2D eigenvalue weighted by Crippen LogP contribution is 2.69. The lowest BCUT2D eigenvalue weighted by Crippen LogP contribution is -2.49. The Balaban J connectivity index is 1.08. The Morgan fingerprint density at radius 3 is 2.55 bits per heavy atom. The van der Waals surface area contributed by atoms with E-state index >= 15 is 0 Å². The van der Waals surface area contributed by atoms with Crippen LogP contribution in [0.3, 0.4) is 0 Å². The van der Waals surface area contributed by atoms with Gasteiger partial charge in [-0.1, -0.05) is 12.2 Å². The second-order valence-corrected chi connectivity index (χ2v) is 13.7. The smallest absolute Gasteiger partial charge is 0.255 e. The normalized spacial score (nSPS) is 28.9. The van der Waals surface area contributed by atoms with Gasteiger partial charge in [0.05, 0.1) is 22.2 Å². The number of thiophene rings is 1. The summed E-state index contributed by atoms with van der Waals surface area (Å²) in [5.74, 6) is 2.82. The number of nitrogens with zero attached hydrogens (tertiary/aromatic N) is 3. The maximum Gasteiger partial charge on any atom is 0.255 e. The molecule has 2 bridgehead atoms. The summed E-state index contributed by atoms with van der Waals surface area (Å²) in [7, 11) is 0. The first kappa shape index (κ1) is 24.8. The number of pyridine rings is 1. The van der Waals surface area contributed by atoms with Crippen molar-refractivity contribution in [3.63, 3.8) is 0 Å². The summed E-state index contributed by atoms with van der Waals surface area (Å²) in [5, 5.41) is 13.2. The Labute approximate surface area is 230 Å². The van der Waals surface area contributed by atoms with Gasteiger partial charge < -0.3 is 20.2 Å². The molecule has 1 amide bonds. The van der Waals surface area contributed by atoms with E-state index in [0.29, 0.717) is 28.9 Å². The van der Waals surface area contributed by atoms with Gasteiger partial charge in [0, 0.05) is 43.6 Å². The highest BCUT2D eigenvalue weighted by molar-refractivity contribution is 7.15. The maximum absolute atomic E-state index is 13.6. The first-order valence-corrected chi connectivity index (χ1v) is 15.5. The van der Waals surface area contributed by atoms with Crippen LogP contribution in [-0.4, -0.2) is 65.8 Å². The Hall–Kier alpha value is -2.22. The zero-order valence-corrected chi connectivity index (χ0v) is 23.3. The fourth-order valence-corrected chi connectivity index (χ4v) is 8.78. The van der Waals surface area contributed by atoms with Gasteiger partial charge in [-0.15, -0.1) is 11.3 Å². The van der Waals surface area contributed by atoms with Crippen molar-refractivity contribution in [3.8, 4) is 10.6 Å². The number of likely N-dealkylation sites (tertiary alicyclic amines) is 1. The zero-order valence-electron chi connectivity index (χ0n) is 22.4. The quantitative estimate of drug-likeness (QED) is 0.520. The van der Waals surface area contributed by atoms with Crippen molar-refractivity contribution in [1.29, 1.82) is 0 Å². The summed E-state index contributed by atoms with van der Waals surface area (Å²) in [4.78, 5) is 26.1. The number of carbonyl (C=O) groups excluding carboxylic acids is 1. The van der Waals surface area contributed by atoms with Crippen molar-refractivity contribution in [3.05, 3.63) is 46.9 Å². The van der Waals surface area contributed by atoms with E-state index in [-0.39, 0.29) is 12.0 Å². The molecule has 7 heteroatoms. The van der Waals surface area contributed by atoms with E-state index in [2.05, 4.69) is 46.3 Å². The first-order chi connectivity index (χ1) is 18.5. The molecule has 3 atom stereocenters. The number of allylic oxidation sites excluding steroid dienone is 2. The maximum atomic E-state index is 13.6. The lowest BCUT2D eigenvalue weighted by molar-refractivity contribution is 0.0542. The standard InChI is InChI=1S/C31H40N4O2S/c1-20-2-7-28(38-20)27-6-4-25(30(37)32-19-21-18-22-3-5-26(21)31(22)12-13-31)29(33-27)35-14-8-23(9-15-35)34-16-10-24(36)11-17-34/h2-7,21-24,26,36H,8-19H2,1H3,(H,32,37)/t21-,22-,26-/m0/s1. The van der Waals surface area contributed by atoms with E-state index in [9.17, 15) is 9.90 Å². The minimum Gasteiger partial charge on any atom is -0.393 e. The third-order valence-corrected chi connectivity index (χ3v) is 11.3. The fraction of sp³-hybridized carbons (Fsp3) is 0.613. The van der Waals surface area contributed by atoms with Crippen LogP contribution in [0.2, 0.25) is 0 Å². The summed E-state index contributed by atoms with van der Waals surface area (Å²) in [6.45, 7) is 6.68. The van der Waals surface area contributed by atoms with Gasteiger partial charge in [-0.05, 0) is 99.3 Å². The number of nitrogens with one attached hydrogen (secondary N) is 1. The van der Waals surface area contributed by atoms with E-state index in [1.807, 2.05) is 12.1 Å². The van der Waals surface area contributed by atoms with Gasteiger partial charge >= 0.3 is 0 Å². The Kier molecular flexibility index (Phi) is 6.37. The van der Waals surface area contributed by atoms with Crippen LogP contribution in [-0.2, 0) is 0 Å². The number of rotatable bonds is 6. The minimum atomic E-state index is -0.134. The molecule has 38 heavy (non-hydrogen) atoms. The Morgan fingerprint density at radius 1 is 1.08 bits per heavy atom. The van der Waals surface area contributed by atoms with Crippen LogP contribution in [0.1, 0.15) is 60.2 Å². The predicted octanol–water partition coefficient (Wildman–Crippen LogP) is 4.88. The van der Waals surface area contributed by atoms with Crippen molar-refractivity contribution in [2.45, 2.75) is 64.0 Å². The summed E-state index contributed by atoms with van der Waals surface area (Å²) in [6, 6.07) is 8.86. The number of anilines is 1. The van der Waals surface area contributed by atoms with E-state index in [0.717, 1.165) is 80.7 Å². The molecular weight excluding hydrogens is 492 g/mol. The predicted molar refractivity (Wildman–Crippen MR) is 153 cm³/mol. The lowest BCUT2D eigenvalue weighted by Gasteiger charge is -2.41. The molecule has 2 aliphatic heterocycles. The van der Waals surface area contributed by atoms with Gasteiger partial charge in [0.25, 0.3) is 5.91 Å². The summed E-state index contributed by atoms with van der Waals surface area (Å²) in [5.41, 5.74) is 2.22. The van der Waals surface area contributed by atoms with Crippen LogP contribution >= 0.6 is 11.3 Å². The number of hydrogen-bond donors (Lipinski definition) is 2. The van der Waals surface area contributed by atoms with Crippen molar-refractivity contribution in [1.82, 2.24) is 15.2 Å². The molecule has 2 saturated heterocycles. The SMILES string of the molecule is Cc1ccc(-c2ccc(C(=O)NC[C@@H]3C[C@@H]4C=C[C@@H]3C43CC3)c(N3CCC(N4CCC(O)CC4)CC3)n2)s1. The third-order valence-electron chi connectivity index (χ3n) is 10.3. The summed E-state index contributed by atoms with van der Waals surface area (Å²) < 4.78 is 0. The number of aryl methyl sites for hydroxylation is 1. The summed E-state index contributed by atoms with van der Waals surface area (Å²) in [6.07, 6.45) is 12.6. The molecule has 2 aromatic rings. The van der Waals surface area contributed by atoms with Crippen molar-refractivity contribution in [2.75, 3.05) is 37.6 Å². The molecule has 6 nitrogen and oxygen atoms in total. The minimum absolute atomic E-state index is 0.0187. The monoisotopic (exact) mass is 532 g/mol. The number of hydrogen-bond acceptors (Lipinski definition) is 6. The molecule has 2 saturated carbocycles. The average Bonchev–Trinajstić information content (AvgIpc) is 3.41. The highest BCUT2D eigenvalue weighted by atomic mass is 32.1. The average molecular weight is 533 g/mol. The lowest BCUT2D eigenvalue weighted by atomic mass is 9.89. The second-order valence-electron chi connectivity index (χ2n) is 12.4. The van der Waals surface area contributed by atoms with Gasteiger partial charge in [0.1, 0.15) is 5.82 Å². The highest BCUT2D eigenvalue weighted by Gasteiger charge is 2.62. The van der Waals surface area contributed by atoms with Crippen molar-refractivity contribution < 1.29 is 9.90 Å².